The molecular weight excluding hydrogens is 1090 g/mol. The molecule has 4 aromatic rings. The second-order valence-electron chi connectivity index (χ2n) is 17.7. The van der Waals surface area contributed by atoms with E-state index in [-0.39, 0.29) is 43.6 Å². The molecule has 0 aromatic carbocycles. The van der Waals surface area contributed by atoms with Crippen LogP contribution in [0.4, 0.5) is 0 Å². The van der Waals surface area contributed by atoms with Gasteiger partial charge in [-0.3, -0.25) is 71.9 Å². The van der Waals surface area contributed by atoms with Crippen molar-refractivity contribution in [1.82, 2.24) is 81.1 Å². The fourth-order valence-electron chi connectivity index (χ4n) is 7.23. The summed E-state index contributed by atoms with van der Waals surface area (Å²) in [5, 5.41) is 60.0. The molecule has 12 rings (SSSR count). The quantitative estimate of drug-likeness (QED) is 0.0733. The van der Waals surface area contributed by atoms with Crippen molar-refractivity contribution in [2.24, 2.45) is 0 Å². The molecule has 8 aliphatic heterocycles. The highest BCUT2D eigenvalue weighted by molar-refractivity contribution is 6.00. The van der Waals surface area contributed by atoms with Crippen LogP contribution in [0, 0.1) is 0 Å². The third-order valence-electron chi connectivity index (χ3n) is 11.9. The molecule has 12 heterocycles. The molecule has 8 bridgehead atoms. The van der Waals surface area contributed by atoms with Crippen molar-refractivity contribution in [3.05, 3.63) is 142 Å². The monoisotopic (exact) mass is 1150 g/mol. The van der Waals surface area contributed by atoms with Crippen LogP contribution in [0.2, 0.25) is 0 Å². The molecule has 4 aromatic heterocycles. The Morgan fingerprint density at radius 1 is 0.378 bits per heavy atom. The number of aromatic nitrogens is 4. The molecule has 0 spiro atoms. The fraction of sp³-hybridized carbons (Fsp3) is 0.298. The summed E-state index contributed by atoms with van der Waals surface area (Å²) in [7, 11) is 0. The lowest BCUT2D eigenvalue weighted by Gasteiger charge is -2.30. The molecule has 0 saturated carbocycles. The Morgan fingerprint density at radius 3 is 0.939 bits per heavy atom. The van der Waals surface area contributed by atoms with E-state index in [0.717, 1.165) is 75.9 Å². The van der Waals surface area contributed by atoms with E-state index in [4.69, 9.17) is 0 Å². The number of hydrogen-bond donors (Lipinski definition) is 12. The van der Waals surface area contributed by atoms with Gasteiger partial charge in [0.1, 0.15) is 45.0 Å². The number of hydrogen-bond acceptors (Lipinski definition) is 20. The van der Waals surface area contributed by atoms with Gasteiger partial charge in [0, 0.05) is 27.7 Å². The second kappa shape index (κ2) is 25.9. The highest BCUT2D eigenvalue weighted by Gasteiger charge is 2.28. The Bertz CT molecular complexity index is 3360. The van der Waals surface area contributed by atoms with E-state index in [1.54, 1.807) is 0 Å². The number of carbonyl (C=O) groups excluding carboxylic acids is 11. The highest BCUT2D eigenvalue weighted by Crippen LogP contribution is 2.10. The van der Waals surface area contributed by atoms with Gasteiger partial charge in [-0.2, -0.15) is 0 Å². The molecule has 0 aliphatic carbocycles. The summed E-state index contributed by atoms with van der Waals surface area (Å²) in [6.45, 7) is 8.50. The Morgan fingerprint density at radius 2 is 0.622 bits per heavy atom. The highest BCUT2D eigenvalue weighted by atomic mass is 16.5. The van der Waals surface area contributed by atoms with Crippen molar-refractivity contribution in [3.63, 3.8) is 0 Å². The van der Waals surface area contributed by atoms with Crippen LogP contribution >= 0.6 is 0 Å². The van der Waals surface area contributed by atoms with Crippen LogP contribution in [0.1, 0.15) is 120 Å². The Balaban J connectivity index is 0.000000301. The van der Waals surface area contributed by atoms with Crippen LogP contribution in [-0.2, 0) is 19.2 Å². The minimum atomic E-state index is -1.28. The third-order valence-corrected chi connectivity index (χ3v) is 11.9. The SMILES string of the molecule is C=C1NCN(C(C)=O)CN(C(C)=O)CNC(=O)c2ccc(c(=O)n2O)C(=O)NC(C)NC(=O)c2ccc1n(O)c2=O.CC(=O)N1CNC(=O)c2ccc(n(O)c2=O)C(=O)NC(C)NC(=O)c2ccc(c(=O)n2O)C(=O)NCN(C(C)=O)C1. The van der Waals surface area contributed by atoms with Crippen molar-refractivity contribution in [1.29, 1.82) is 0 Å². The molecule has 82 heavy (non-hydrogen) atoms. The summed E-state index contributed by atoms with van der Waals surface area (Å²) in [5.41, 5.74) is -9.11. The van der Waals surface area contributed by atoms with Crippen LogP contribution in [0.5, 0.6) is 0 Å². The van der Waals surface area contributed by atoms with E-state index in [9.17, 15) is 92.7 Å². The zero-order valence-corrected chi connectivity index (χ0v) is 44.2. The van der Waals surface area contributed by atoms with Gasteiger partial charge in [-0.15, -0.1) is 18.9 Å². The first-order valence-corrected chi connectivity index (χ1v) is 23.8. The first-order chi connectivity index (χ1) is 38.4. The van der Waals surface area contributed by atoms with Crippen molar-refractivity contribution in [2.45, 2.75) is 53.9 Å². The number of nitrogens with one attached hydrogen (secondary N) is 8. The minimum absolute atomic E-state index is 0.0165. The first-order valence-electron chi connectivity index (χ1n) is 23.8. The van der Waals surface area contributed by atoms with Crippen molar-refractivity contribution < 1.29 is 73.6 Å². The Hall–Kier alpha value is -11.3. The molecule has 1 unspecified atom stereocenters. The van der Waals surface area contributed by atoms with Crippen LogP contribution < -0.4 is 64.8 Å². The van der Waals surface area contributed by atoms with Gasteiger partial charge in [0.2, 0.25) is 23.6 Å². The van der Waals surface area contributed by atoms with E-state index >= 15 is 0 Å². The zero-order valence-electron chi connectivity index (χ0n) is 44.2. The molecule has 12 N–H and O–H groups in total. The van der Waals surface area contributed by atoms with Crippen LogP contribution in [-0.4, -0.2) is 177 Å². The summed E-state index contributed by atoms with van der Waals surface area (Å²) in [6, 6.07) is 8.11. The lowest BCUT2D eigenvalue weighted by molar-refractivity contribution is -0.139. The molecule has 35 nitrogen and oxygen atoms in total. The lowest BCUT2D eigenvalue weighted by atomic mass is 10.2. The summed E-state index contributed by atoms with van der Waals surface area (Å²) >= 11 is 0. The van der Waals surface area contributed by atoms with Crippen LogP contribution in [0.3, 0.4) is 0 Å². The second-order valence-corrected chi connectivity index (χ2v) is 17.7. The number of rotatable bonds is 0. The number of carbonyl (C=O) groups is 11. The number of nitrogens with zero attached hydrogens (tertiary/aromatic N) is 8. The van der Waals surface area contributed by atoms with Gasteiger partial charge in [0.05, 0.1) is 58.0 Å². The van der Waals surface area contributed by atoms with E-state index in [1.165, 1.54) is 33.8 Å². The van der Waals surface area contributed by atoms with E-state index < -0.39 is 166 Å². The molecule has 11 amide bonds. The summed E-state index contributed by atoms with van der Waals surface area (Å²) < 4.78 is -0.0594. The fourth-order valence-corrected chi connectivity index (χ4v) is 7.23. The van der Waals surface area contributed by atoms with Crippen molar-refractivity contribution in [3.8, 4) is 0 Å². The van der Waals surface area contributed by atoms with Gasteiger partial charge in [0.15, 0.2) is 0 Å². The molecule has 436 valence electrons. The van der Waals surface area contributed by atoms with Gasteiger partial charge >= 0.3 is 0 Å². The minimum Gasteiger partial charge on any atom is -0.425 e. The van der Waals surface area contributed by atoms with Gasteiger partial charge < -0.3 is 83.0 Å². The molecule has 8 aliphatic rings. The van der Waals surface area contributed by atoms with Gasteiger partial charge in [0.25, 0.3) is 63.6 Å². The molecule has 0 fully saturated rings. The first kappa shape index (κ1) is 61.6. The third kappa shape index (κ3) is 14.2. The Kier molecular flexibility index (Phi) is 19.4. The van der Waals surface area contributed by atoms with Crippen molar-refractivity contribution in [2.75, 3.05) is 40.0 Å². The van der Waals surface area contributed by atoms with E-state index in [2.05, 4.69) is 49.1 Å². The topological polar surface area (TPSA) is 466 Å². The molecular formula is C47H54N16O19. The number of pyridine rings is 4. The number of amides is 11. The predicted octanol–water partition coefficient (Wildman–Crippen LogP) is -5.10. The van der Waals surface area contributed by atoms with E-state index in [1.807, 2.05) is 0 Å². The largest absolute Gasteiger partial charge is 0.425 e. The van der Waals surface area contributed by atoms with Gasteiger partial charge in [-0.05, 0) is 62.4 Å². The standard InChI is InChI=1S/C24H28N8O9.C23H26N8O10/c1-12-18-7-5-16(23(38)31(18)40)20(35)27-13(2)28-21(36)17-6-8-19(32(41)24(17)39)22(37)26-10-30(15(4)34)11-29(9-25-12)14(3)33;1-11-26-20(36)16-6-4-14(22(38)30(16)40)18(34)24-8-28(12(2)32)10-29(13(3)33)9-25-19(35)15-5-7-17(21(37)27-11)31(41)23(15)39/h5-8,13,25,40-41H,1,9-11H2,2-4H3,(H,26,37)(H,27,35)(H,28,36);4-7,11,40-41H,8-10H2,1-3H3,(H,24,34)(H,25,35)(H,26,36)(H,27,37). The smallest absolute Gasteiger partial charge is 0.296 e. The maximum atomic E-state index is 12.7. The van der Waals surface area contributed by atoms with E-state index in [0.29, 0.717) is 0 Å². The molecule has 1 atom stereocenters. The van der Waals surface area contributed by atoms with Crippen molar-refractivity contribution >= 4 is 70.7 Å². The van der Waals surface area contributed by atoms with Gasteiger partial charge in [-0.25, -0.2) is 0 Å². The maximum Gasteiger partial charge on any atom is 0.296 e. The molecule has 0 saturated heterocycles. The normalized spacial score (nSPS) is 16.4. The summed E-state index contributed by atoms with van der Waals surface area (Å²) in [5.74, 6) is -9.40. The zero-order chi connectivity index (χ0) is 61.2. The Labute approximate surface area is 459 Å². The average Bonchev–Trinajstić information content (AvgIpc) is 3.50. The van der Waals surface area contributed by atoms with Crippen LogP contribution in [0.15, 0.2) is 74.3 Å². The van der Waals surface area contributed by atoms with Crippen LogP contribution in [0.25, 0.3) is 5.70 Å². The predicted molar refractivity (Wildman–Crippen MR) is 274 cm³/mol. The maximum absolute atomic E-state index is 12.7. The van der Waals surface area contributed by atoms with Gasteiger partial charge in [-0.1, -0.05) is 6.58 Å². The average molecular weight is 1150 g/mol. The summed E-state index contributed by atoms with van der Waals surface area (Å²) in [6.07, 6.45) is -2.32. The summed E-state index contributed by atoms with van der Waals surface area (Å²) in [4.78, 5) is 192. The molecule has 0 radical (unpaired) electrons. The lowest BCUT2D eigenvalue weighted by Crippen LogP contribution is -2.51. The molecule has 35 heteroatoms.